The second kappa shape index (κ2) is 5.78. The Labute approximate surface area is 122 Å². The van der Waals surface area contributed by atoms with Gasteiger partial charge in [-0.2, -0.15) is 5.10 Å². The smallest absolute Gasteiger partial charge is 0.356 e. The zero-order valence-electron chi connectivity index (χ0n) is 12.0. The van der Waals surface area contributed by atoms with Crippen LogP contribution >= 0.6 is 0 Å². The van der Waals surface area contributed by atoms with E-state index in [4.69, 9.17) is 5.11 Å². The van der Waals surface area contributed by atoms with Gasteiger partial charge in [-0.05, 0) is 30.2 Å². The van der Waals surface area contributed by atoms with Crippen LogP contribution in [0.2, 0.25) is 0 Å². The summed E-state index contributed by atoms with van der Waals surface area (Å²) in [7, 11) is 1.31. The Morgan fingerprint density at radius 1 is 1.29 bits per heavy atom. The molecular weight excluding hydrogens is 272 g/mol. The third-order valence-electron chi connectivity index (χ3n) is 3.06. The monoisotopic (exact) mass is 288 g/mol. The van der Waals surface area contributed by atoms with E-state index in [1.54, 1.807) is 28.9 Å². The van der Waals surface area contributed by atoms with Gasteiger partial charge in [0.2, 0.25) is 0 Å². The molecule has 2 aromatic rings. The van der Waals surface area contributed by atoms with Gasteiger partial charge < -0.3 is 9.84 Å². The molecule has 0 fully saturated rings. The highest BCUT2D eigenvalue weighted by molar-refractivity contribution is 5.90. The molecule has 6 heteroatoms. The van der Waals surface area contributed by atoms with Crippen molar-refractivity contribution in [3.63, 3.8) is 0 Å². The molecule has 0 amide bonds. The van der Waals surface area contributed by atoms with Gasteiger partial charge in [0.25, 0.3) is 0 Å². The average molecular weight is 288 g/mol. The van der Waals surface area contributed by atoms with Crippen LogP contribution in [-0.4, -0.2) is 33.9 Å². The van der Waals surface area contributed by atoms with Gasteiger partial charge in [0.05, 0.1) is 18.4 Å². The number of carbonyl (C=O) groups is 2. The van der Waals surface area contributed by atoms with Gasteiger partial charge in [-0.3, -0.25) is 0 Å². The van der Waals surface area contributed by atoms with Crippen LogP contribution in [0.25, 0.3) is 5.69 Å². The van der Waals surface area contributed by atoms with Crippen molar-refractivity contribution in [2.24, 2.45) is 0 Å². The molecule has 0 unspecified atom stereocenters. The number of aromatic nitrogens is 2. The molecule has 6 nitrogen and oxygen atoms in total. The Morgan fingerprint density at radius 3 is 2.57 bits per heavy atom. The molecule has 2 rings (SSSR count). The fourth-order valence-corrected chi connectivity index (χ4v) is 2.00. The Balaban J connectivity index is 2.55. The molecule has 1 heterocycles. The lowest BCUT2D eigenvalue weighted by Gasteiger charge is -2.10. The van der Waals surface area contributed by atoms with E-state index in [2.05, 4.69) is 9.84 Å². The van der Waals surface area contributed by atoms with E-state index in [-0.39, 0.29) is 11.6 Å². The average Bonchev–Trinajstić information content (AvgIpc) is 2.92. The maximum atomic E-state index is 11.6. The zero-order chi connectivity index (χ0) is 15.6. The van der Waals surface area contributed by atoms with Crippen molar-refractivity contribution in [2.45, 2.75) is 19.8 Å². The van der Waals surface area contributed by atoms with Gasteiger partial charge in [0, 0.05) is 5.69 Å². The number of esters is 1. The summed E-state index contributed by atoms with van der Waals surface area (Å²) in [6.45, 7) is 3.90. The van der Waals surface area contributed by atoms with Crippen LogP contribution in [0.15, 0.2) is 30.3 Å². The fourth-order valence-electron chi connectivity index (χ4n) is 2.00. The first kappa shape index (κ1) is 14.8. The zero-order valence-corrected chi connectivity index (χ0v) is 12.0. The minimum Gasteiger partial charge on any atom is -0.476 e. The number of hydrogen-bond donors (Lipinski definition) is 1. The van der Waals surface area contributed by atoms with Crippen molar-refractivity contribution >= 4 is 11.9 Å². The number of nitrogens with zero attached hydrogens (tertiary/aromatic N) is 2. The standard InChI is InChI=1S/C15H16N2O4/c1-9(2)13-8-12(14(18)19)16-17(13)11-6-4-5-10(7-11)15(20)21-3/h4-9H,1-3H3,(H,18,19). The molecule has 0 radical (unpaired) electrons. The van der Waals surface area contributed by atoms with Crippen molar-refractivity contribution < 1.29 is 19.4 Å². The number of hydrogen-bond acceptors (Lipinski definition) is 4. The first-order valence-electron chi connectivity index (χ1n) is 6.46. The summed E-state index contributed by atoms with van der Waals surface area (Å²) in [5, 5.41) is 13.2. The third kappa shape index (κ3) is 2.94. The number of carboxylic acid groups (broad SMARTS) is 1. The molecule has 0 aliphatic heterocycles. The van der Waals surface area contributed by atoms with Gasteiger partial charge in [-0.1, -0.05) is 19.9 Å². The van der Waals surface area contributed by atoms with E-state index in [0.29, 0.717) is 11.3 Å². The van der Waals surface area contributed by atoms with Gasteiger partial charge in [-0.15, -0.1) is 0 Å². The van der Waals surface area contributed by atoms with E-state index >= 15 is 0 Å². The minimum atomic E-state index is -1.08. The largest absolute Gasteiger partial charge is 0.476 e. The van der Waals surface area contributed by atoms with Crippen LogP contribution in [0.3, 0.4) is 0 Å². The second-order valence-electron chi connectivity index (χ2n) is 4.87. The summed E-state index contributed by atoms with van der Waals surface area (Å²) >= 11 is 0. The lowest BCUT2D eigenvalue weighted by atomic mass is 10.1. The predicted octanol–water partition coefficient (Wildman–Crippen LogP) is 2.48. The molecule has 0 saturated carbocycles. The number of carbonyl (C=O) groups excluding carboxylic acids is 1. The molecular formula is C15H16N2O4. The molecule has 0 saturated heterocycles. The maximum absolute atomic E-state index is 11.6. The molecule has 0 aliphatic carbocycles. The van der Waals surface area contributed by atoms with Crippen molar-refractivity contribution in [3.05, 3.63) is 47.3 Å². The van der Waals surface area contributed by atoms with E-state index in [1.165, 1.54) is 13.2 Å². The Morgan fingerprint density at radius 2 is 2.00 bits per heavy atom. The molecule has 110 valence electrons. The Kier molecular flexibility index (Phi) is 4.07. The SMILES string of the molecule is COC(=O)c1cccc(-n2nc(C(=O)O)cc2C(C)C)c1. The van der Waals surface area contributed by atoms with Gasteiger partial charge >= 0.3 is 11.9 Å². The van der Waals surface area contributed by atoms with Crippen LogP contribution < -0.4 is 0 Å². The maximum Gasteiger partial charge on any atom is 0.356 e. The summed E-state index contributed by atoms with van der Waals surface area (Å²) in [4.78, 5) is 22.7. The van der Waals surface area contributed by atoms with Crippen LogP contribution in [-0.2, 0) is 4.74 Å². The molecule has 0 spiro atoms. The summed E-state index contributed by atoms with van der Waals surface area (Å²) in [6, 6.07) is 8.25. The number of benzene rings is 1. The highest BCUT2D eigenvalue weighted by atomic mass is 16.5. The Hall–Kier alpha value is -2.63. The van der Waals surface area contributed by atoms with E-state index < -0.39 is 11.9 Å². The summed E-state index contributed by atoms with van der Waals surface area (Å²) < 4.78 is 6.23. The van der Waals surface area contributed by atoms with Crippen molar-refractivity contribution in [1.29, 1.82) is 0 Å². The van der Waals surface area contributed by atoms with Crippen LogP contribution in [0, 0.1) is 0 Å². The van der Waals surface area contributed by atoms with Crippen LogP contribution in [0.5, 0.6) is 0 Å². The topological polar surface area (TPSA) is 81.4 Å². The predicted molar refractivity (Wildman–Crippen MR) is 76.0 cm³/mol. The number of ether oxygens (including phenoxy) is 1. The highest BCUT2D eigenvalue weighted by Gasteiger charge is 2.17. The fraction of sp³-hybridized carbons (Fsp3) is 0.267. The van der Waals surface area contributed by atoms with E-state index in [1.807, 2.05) is 13.8 Å². The normalized spacial score (nSPS) is 10.7. The lowest BCUT2D eigenvalue weighted by molar-refractivity contribution is 0.0599. The van der Waals surface area contributed by atoms with Crippen molar-refractivity contribution in [2.75, 3.05) is 7.11 Å². The number of carboxylic acids is 1. The lowest BCUT2D eigenvalue weighted by Crippen LogP contribution is -2.07. The molecule has 0 aliphatic rings. The Bertz CT molecular complexity index is 689. The number of methoxy groups -OCH3 is 1. The first-order chi connectivity index (χ1) is 9.93. The van der Waals surface area contributed by atoms with Crippen molar-refractivity contribution in [3.8, 4) is 5.69 Å². The van der Waals surface area contributed by atoms with E-state index in [9.17, 15) is 9.59 Å². The minimum absolute atomic E-state index is 0.0258. The van der Waals surface area contributed by atoms with Crippen LogP contribution in [0.4, 0.5) is 0 Å². The van der Waals surface area contributed by atoms with Gasteiger partial charge in [0.15, 0.2) is 5.69 Å². The summed E-state index contributed by atoms with van der Waals surface area (Å²) in [6.07, 6.45) is 0. The first-order valence-corrected chi connectivity index (χ1v) is 6.46. The molecule has 21 heavy (non-hydrogen) atoms. The van der Waals surface area contributed by atoms with Gasteiger partial charge in [-0.25, -0.2) is 14.3 Å². The molecule has 0 bridgehead atoms. The molecule has 1 aromatic heterocycles. The van der Waals surface area contributed by atoms with Gasteiger partial charge in [0.1, 0.15) is 0 Å². The number of rotatable bonds is 4. The molecule has 1 aromatic carbocycles. The molecule has 0 atom stereocenters. The second-order valence-corrected chi connectivity index (χ2v) is 4.87. The quantitative estimate of drug-likeness (QED) is 0.874. The number of aromatic carboxylic acids is 1. The van der Waals surface area contributed by atoms with Crippen molar-refractivity contribution in [1.82, 2.24) is 9.78 Å². The third-order valence-corrected chi connectivity index (χ3v) is 3.06. The van der Waals surface area contributed by atoms with Crippen LogP contribution in [0.1, 0.15) is 46.3 Å². The summed E-state index contributed by atoms with van der Waals surface area (Å²) in [5.41, 5.74) is 1.74. The summed E-state index contributed by atoms with van der Waals surface area (Å²) in [5.74, 6) is -1.44. The highest BCUT2D eigenvalue weighted by Crippen LogP contribution is 2.21. The van der Waals surface area contributed by atoms with E-state index in [0.717, 1.165) is 5.69 Å². The molecule has 1 N–H and O–H groups in total.